The van der Waals surface area contributed by atoms with E-state index in [-0.39, 0.29) is 0 Å². The first kappa shape index (κ1) is 13.9. The van der Waals surface area contributed by atoms with E-state index in [4.69, 9.17) is 9.84 Å². The van der Waals surface area contributed by atoms with E-state index in [1.165, 1.54) is 18.4 Å². The number of hydrogen-bond donors (Lipinski definition) is 1. The molecule has 0 spiro atoms. The summed E-state index contributed by atoms with van der Waals surface area (Å²) in [5.74, 6) is 1.47. The molecule has 0 aromatic heterocycles. The van der Waals surface area contributed by atoms with Gasteiger partial charge in [-0.15, -0.1) is 0 Å². The largest absolute Gasteiger partial charge is 0.497 e. The lowest BCUT2D eigenvalue weighted by molar-refractivity contribution is -0.137. The molecule has 1 aliphatic carbocycles. The van der Waals surface area contributed by atoms with Gasteiger partial charge in [0, 0.05) is 6.42 Å². The highest BCUT2D eigenvalue weighted by Gasteiger charge is 2.22. The highest BCUT2D eigenvalue weighted by atomic mass is 16.5. The van der Waals surface area contributed by atoms with Crippen molar-refractivity contribution in [1.29, 1.82) is 0 Å². The third kappa shape index (κ3) is 3.98. The fourth-order valence-corrected chi connectivity index (χ4v) is 2.99. The molecule has 0 bridgehead atoms. The molecule has 3 heteroatoms. The molecule has 0 saturated heterocycles. The van der Waals surface area contributed by atoms with Gasteiger partial charge in [-0.25, -0.2) is 0 Å². The monoisotopic (exact) mass is 262 g/mol. The number of rotatable bonds is 5. The smallest absolute Gasteiger partial charge is 0.303 e. The zero-order valence-corrected chi connectivity index (χ0v) is 11.5. The van der Waals surface area contributed by atoms with Crippen LogP contribution in [-0.2, 0) is 4.79 Å². The maximum atomic E-state index is 10.6. The summed E-state index contributed by atoms with van der Waals surface area (Å²) in [4.78, 5) is 10.6. The van der Waals surface area contributed by atoms with E-state index in [1.54, 1.807) is 7.11 Å². The van der Waals surface area contributed by atoms with Gasteiger partial charge in [0.05, 0.1) is 7.11 Å². The van der Waals surface area contributed by atoms with Crippen molar-refractivity contribution in [2.24, 2.45) is 5.92 Å². The molecule has 0 amide bonds. The lowest BCUT2D eigenvalue weighted by atomic mass is 9.77. The summed E-state index contributed by atoms with van der Waals surface area (Å²) < 4.78 is 5.17. The highest BCUT2D eigenvalue weighted by Crippen LogP contribution is 2.37. The summed E-state index contributed by atoms with van der Waals surface area (Å²) in [6, 6.07) is 8.35. The van der Waals surface area contributed by atoms with Gasteiger partial charge >= 0.3 is 5.97 Å². The second-order valence-corrected chi connectivity index (χ2v) is 5.42. The van der Waals surface area contributed by atoms with Crippen LogP contribution in [0.2, 0.25) is 0 Å². The molecule has 2 rings (SSSR count). The minimum atomic E-state index is -0.669. The van der Waals surface area contributed by atoms with Gasteiger partial charge in [-0.05, 0) is 61.6 Å². The first-order valence-corrected chi connectivity index (χ1v) is 7.04. The number of benzene rings is 1. The van der Waals surface area contributed by atoms with Crippen LogP contribution in [0.15, 0.2) is 24.3 Å². The third-order valence-electron chi connectivity index (χ3n) is 4.20. The van der Waals surface area contributed by atoms with Crippen molar-refractivity contribution in [2.75, 3.05) is 7.11 Å². The van der Waals surface area contributed by atoms with Gasteiger partial charge in [-0.3, -0.25) is 4.79 Å². The van der Waals surface area contributed by atoms with E-state index in [2.05, 4.69) is 12.1 Å². The Hall–Kier alpha value is -1.51. The lowest BCUT2D eigenvalue weighted by Crippen LogP contribution is -2.14. The molecule has 3 nitrogen and oxygen atoms in total. The number of aliphatic carboxylic acids is 1. The number of hydrogen-bond acceptors (Lipinski definition) is 2. The highest BCUT2D eigenvalue weighted by molar-refractivity contribution is 5.66. The van der Waals surface area contributed by atoms with Crippen LogP contribution in [0.5, 0.6) is 5.75 Å². The molecule has 19 heavy (non-hydrogen) atoms. The minimum absolute atomic E-state index is 0.317. The molecule has 1 aliphatic rings. The van der Waals surface area contributed by atoms with Crippen LogP contribution in [0.25, 0.3) is 0 Å². The summed E-state index contributed by atoms with van der Waals surface area (Å²) >= 11 is 0. The Balaban J connectivity index is 1.83. The van der Waals surface area contributed by atoms with Crippen molar-refractivity contribution < 1.29 is 14.6 Å². The molecule has 0 aliphatic heterocycles. The van der Waals surface area contributed by atoms with E-state index < -0.39 is 5.97 Å². The fraction of sp³-hybridized carbons (Fsp3) is 0.562. The molecule has 104 valence electrons. The van der Waals surface area contributed by atoms with Crippen LogP contribution in [-0.4, -0.2) is 18.2 Å². The molecule has 0 heterocycles. The van der Waals surface area contributed by atoms with E-state index in [1.807, 2.05) is 12.1 Å². The van der Waals surface area contributed by atoms with Crippen molar-refractivity contribution in [1.82, 2.24) is 0 Å². The van der Waals surface area contributed by atoms with Gasteiger partial charge in [0.2, 0.25) is 0 Å². The second-order valence-electron chi connectivity index (χ2n) is 5.42. The molecule has 1 aromatic carbocycles. The quantitative estimate of drug-likeness (QED) is 0.877. The molecule has 1 aromatic rings. The molecule has 0 radical (unpaired) electrons. The van der Waals surface area contributed by atoms with Crippen LogP contribution < -0.4 is 4.74 Å². The summed E-state index contributed by atoms with van der Waals surface area (Å²) in [5, 5.41) is 8.71. The molecule has 0 unspecified atom stereocenters. The Morgan fingerprint density at radius 3 is 2.37 bits per heavy atom. The average Bonchev–Trinajstić information content (AvgIpc) is 2.46. The minimum Gasteiger partial charge on any atom is -0.497 e. The van der Waals surface area contributed by atoms with Crippen molar-refractivity contribution in [2.45, 2.75) is 44.4 Å². The first-order chi connectivity index (χ1) is 9.19. The zero-order valence-electron chi connectivity index (χ0n) is 11.5. The fourth-order valence-electron chi connectivity index (χ4n) is 2.99. The number of methoxy groups -OCH3 is 1. The summed E-state index contributed by atoms with van der Waals surface area (Å²) in [6.45, 7) is 0. The van der Waals surface area contributed by atoms with E-state index >= 15 is 0 Å². The molecule has 1 saturated carbocycles. The molecule has 1 fully saturated rings. The van der Waals surface area contributed by atoms with Crippen LogP contribution in [0.3, 0.4) is 0 Å². The Labute approximate surface area is 114 Å². The Kier molecular flexibility index (Phi) is 4.83. The molecule has 1 N–H and O–H groups in total. The second kappa shape index (κ2) is 6.60. The van der Waals surface area contributed by atoms with Gasteiger partial charge < -0.3 is 9.84 Å². The van der Waals surface area contributed by atoms with E-state index in [9.17, 15) is 4.79 Å². The Bertz CT molecular complexity index is 403. The maximum Gasteiger partial charge on any atom is 0.303 e. The molecule has 0 atom stereocenters. The molecular weight excluding hydrogens is 240 g/mol. The van der Waals surface area contributed by atoms with Gasteiger partial charge in [0.1, 0.15) is 5.75 Å². The van der Waals surface area contributed by atoms with Gasteiger partial charge in [-0.1, -0.05) is 12.1 Å². The predicted molar refractivity (Wildman–Crippen MR) is 74.6 cm³/mol. The third-order valence-corrected chi connectivity index (χ3v) is 4.20. The van der Waals surface area contributed by atoms with Crippen molar-refractivity contribution in [3.05, 3.63) is 29.8 Å². The van der Waals surface area contributed by atoms with Crippen molar-refractivity contribution in [3.8, 4) is 5.75 Å². The van der Waals surface area contributed by atoms with E-state index in [0.29, 0.717) is 18.3 Å². The predicted octanol–water partition coefficient (Wildman–Crippen LogP) is 3.83. The van der Waals surface area contributed by atoms with Crippen molar-refractivity contribution >= 4 is 5.97 Å². The average molecular weight is 262 g/mol. The van der Waals surface area contributed by atoms with E-state index in [0.717, 1.165) is 25.0 Å². The van der Waals surface area contributed by atoms with Gasteiger partial charge in [0.25, 0.3) is 0 Å². The number of carboxylic acids is 1. The van der Waals surface area contributed by atoms with Crippen molar-refractivity contribution in [3.63, 3.8) is 0 Å². The first-order valence-electron chi connectivity index (χ1n) is 7.04. The zero-order chi connectivity index (χ0) is 13.7. The maximum absolute atomic E-state index is 10.6. The van der Waals surface area contributed by atoms with Gasteiger partial charge in [-0.2, -0.15) is 0 Å². The normalized spacial score (nSPS) is 23.0. The summed E-state index contributed by atoms with van der Waals surface area (Å²) in [5.41, 5.74) is 1.39. The van der Waals surface area contributed by atoms with Crippen LogP contribution >= 0.6 is 0 Å². The van der Waals surface area contributed by atoms with Crippen LogP contribution in [0.4, 0.5) is 0 Å². The number of carboxylic acid groups (broad SMARTS) is 1. The molecular formula is C16H22O3. The summed E-state index contributed by atoms with van der Waals surface area (Å²) in [6.07, 6.45) is 5.82. The summed E-state index contributed by atoms with van der Waals surface area (Å²) in [7, 11) is 1.68. The van der Waals surface area contributed by atoms with Gasteiger partial charge in [0.15, 0.2) is 0 Å². The topological polar surface area (TPSA) is 46.5 Å². The van der Waals surface area contributed by atoms with Crippen LogP contribution in [0, 0.1) is 5.92 Å². The standard InChI is InChI=1S/C16H22O3/c1-19-15-9-7-14(8-10-15)13-5-2-12(3-6-13)4-11-16(17)18/h7-10,12-13H,2-6,11H2,1H3,(H,17,18). The Morgan fingerprint density at radius 1 is 1.21 bits per heavy atom. The lowest BCUT2D eigenvalue weighted by Gasteiger charge is -2.28. The number of carbonyl (C=O) groups is 1. The number of ether oxygens (including phenoxy) is 1. The SMILES string of the molecule is COc1ccc(C2CCC(CCC(=O)O)CC2)cc1. The Morgan fingerprint density at radius 2 is 1.84 bits per heavy atom. The van der Waals surface area contributed by atoms with Crippen LogP contribution in [0.1, 0.15) is 50.0 Å².